The van der Waals surface area contributed by atoms with Gasteiger partial charge in [0.2, 0.25) is 0 Å². The zero-order valence-corrected chi connectivity index (χ0v) is 10.8. The molecular formula is C15H18FNO2. The maximum atomic E-state index is 13.8. The fourth-order valence-electron chi connectivity index (χ4n) is 3.53. The van der Waals surface area contributed by atoms with E-state index < -0.39 is 5.82 Å². The first-order chi connectivity index (χ1) is 9.18. The second-order valence-electron chi connectivity index (χ2n) is 5.53. The quantitative estimate of drug-likeness (QED) is 0.846. The minimum Gasteiger partial charge on any atom is -0.507 e. The van der Waals surface area contributed by atoms with Gasteiger partial charge in [0.05, 0.1) is 0 Å². The van der Waals surface area contributed by atoms with Crippen molar-refractivity contribution >= 4 is 5.91 Å². The number of hydrogen-bond acceptors (Lipinski definition) is 2. The Kier molecular flexibility index (Phi) is 3.17. The molecule has 4 heteroatoms. The maximum Gasteiger partial charge on any atom is 0.260 e. The molecule has 0 aromatic heterocycles. The second kappa shape index (κ2) is 4.83. The summed E-state index contributed by atoms with van der Waals surface area (Å²) in [4.78, 5) is 14.2. The lowest BCUT2D eigenvalue weighted by molar-refractivity contribution is 0.0682. The highest BCUT2D eigenvalue weighted by molar-refractivity contribution is 5.97. The van der Waals surface area contributed by atoms with E-state index in [0.717, 1.165) is 25.7 Å². The number of carbonyl (C=O) groups excluding carboxylic acids is 1. The molecule has 1 amide bonds. The van der Waals surface area contributed by atoms with Crippen molar-refractivity contribution in [2.45, 2.75) is 38.1 Å². The monoisotopic (exact) mass is 263 g/mol. The molecule has 0 radical (unpaired) electrons. The molecule has 2 aliphatic rings. The predicted octanol–water partition coefficient (Wildman–Crippen LogP) is 2.94. The summed E-state index contributed by atoms with van der Waals surface area (Å²) >= 11 is 0. The van der Waals surface area contributed by atoms with Crippen molar-refractivity contribution in [3.8, 4) is 5.75 Å². The molecule has 3 rings (SSSR count). The van der Waals surface area contributed by atoms with Gasteiger partial charge < -0.3 is 10.0 Å². The number of nitrogens with zero attached hydrogens (tertiary/aromatic N) is 1. The predicted molar refractivity (Wildman–Crippen MR) is 69.5 cm³/mol. The SMILES string of the molecule is O=C(c1c(O)cccc1F)N1CCC2CCCCC21. The van der Waals surface area contributed by atoms with Gasteiger partial charge in [0, 0.05) is 12.6 Å². The molecule has 1 aliphatic heterocycles. The fraction of sp³-hybridized carbons (Fsp3) is 0.533. The van der Waals surface area contributed by atoms with Crippen molar-refractivity contribution in [3.05, 3.63) is 29.6 Å². The van der Waals surface area contributed by atoms with Crippen molar-refractivity contribution in [2.75, 3.05) is 6.54 Å². The summed E-state index contributed by atoms with van der Waals surface area (Å²) in [6.45, 7) is 0.682. The topological polar surface area (TPSA) is 40.5 Å². The fourth-order valence-corrected chi connectivity index (χ4v) is 3.53. The van der Waals surface area contributed by atoms with E-state index >= 15 is 0 Å². The van der Waals surface area contributed by atoms with Crippen LogP contribution in [0.25, 0.3) is 0 Å². The third-order valence-electron chi connectivity index (χ3n) is 4.48. The van der Waals surface area contributed by atoms with Crippen LogP contribution in [0.2, 0.25) is 0 Å². The molecule has 19 heavy (non-hydrogen) atoms. The lowest BCUT2D eigenvalue weighted by atomic mass is 9.85. The number of phenols is 1. The molecule has 0 bridgehead atoms. The number of carbonyl (C=O) groups is 1. The van der Waals surface area contributed by atoms with Crippen LogP contribution in [0.4, 0.5) is 4.39 Å². The molecule has 2 fully saturated rings. The third-order valence-corrected chi connectivity index (χ3v) is 4.48. The van der Waals surface area contributed by atoms with Gasteiger partial charge in [-0.1, -0.05) is 18.9 Å². The molecule has 1 saturated heterocycles. The van der Waals surface area contributed by atoms with Crippen LogP contribution >= 0.6 is 0 Å². The highest BCUT2D eigenvalue weighted by Crippen LogP contribution is 2.37. The summed E-state index contributed by atoms with van der Waals surface area (Å²) in [5.74, 6) is -0.690. The first kappa shape index (κ1) is 12.5. The largest absolute Gasteiger partial charge is 0.507 e. The molecule has 1 N–H and O–H groups in total. The van der Waals surface area contributed by atoms with Crippen LogP contribution in [-0.2, 0) is 0 Å². The van der Waals surface area contributed by atoms with Gasteiger partial charge in [-0.25, -0.2) is 4.39 Å². The van der Waals surface area contributed by atoms with Gasteiger partial charge in [0.25, 0.3) is 5.91 Å². The highest BCUT2D eigenvalue weighted by Gasteiger charge is 2.39. The Balaban J connectivity index is 1.88. The second-order valence-corrected chi connectivity index (χ2v) is 5.53. The van der Waals surface area contributed by atoms with Crippen molar-refractivity contribution < 1.29 is 14.3 Å². The number of amides is 1. The van der Waals surface area contributed by atoms with Gasteiger partial charge in [-0.05, 0) is 37.3 Å². The first-order valence-corrected chi connectivity index (χ1v) is 6.97. The normalized spacial score (nSPS) is 26.3. The van der Waals surface area contributed by atoms with Gasteiger partial charge in [-0.15, -0.1) is 0 Å². The Bertz CT molecular complexity index is 483. The molecule has 3 nitrogen and oxygen atoms in total. The molecular weight excluding hydrogens is 245 g/mol. The van der Waals surface area contributed by atoms with E-state index in [1.54, 1.807) is 4.90 Å². The molecule has 1 aromatic rings. The molecule has 102 valence electrons. The molecule has 2 unspecified atom stereocenters. The summed E-state index contributed by atoms with van der Waals surface area (Å²) < 4.78 is 13.8. The Labute approximate surface area is 112 Å². The summed E-state index contributed by atoms with van der Waals surface area (Å²) in [7, 11) is 0. The number of phenolic OH excluding ortho intramolecular Hbond substituents is 1. The Morgan fingerprint density at radius 1 is 1.26 bits per heavy atom. The number of aromatic hydroxyl groups is 1. The average Bonchev–Trinajstić information content (AvgIpc) is 2.82. The van der Waals surface area contributed by atoms with E-state index in [1.807, 2.05) is 0 Å². The van der Waals surface area contributed by atoms with E-state index in [4.69, 9.17) is 0 Å². The van der Waals surface area contributed by atoms with E-state index in [-0.39, 0.29) is 23.3 Å². The minimum atomic E-state index is -0.635. The minimum absolute atomic E-state index is 0.172. The smallest absolute Gasteiger partial charge is 0.260 e. The van der Waals surface area contributed by atoms with Crippen LogP contribution in [0.3, 0.4) is 0 Å². The number of rotatable bonds is 1. The molecule has 1 heterocycles. The Morgan fingerprint density at radius 2 is 2.05 bits per heavy atom. The highest BCUT2D eigenvalue weighted by atomic mass is 19.1. The van der Waals surface area contributed by atoms with Gasteiger partial charge in [0.15, 0.2) is 0 Å². The van der Waals surface area contributed by atoms with E-state index in [1.165, 1.54) is 24.6 Å². The van der Waals surface area contributed by atoms with Crippen LogP contribution in [0.15, 0.2) is 18.2 Å². The summed E-state index contributed by atoms with van der Waals surface area (Å²) in [6, 6.07) is 4.24. The standard InChI is InChI=1S/C15H18FNO2/c16-11-5-3-7-13(18)14(11)15(19)17-9-8-10-4-1-2-6-12(10)17/h3,5,7,10,12,18H,1-2,4,6,8-9H2. The maximum absolute atomic E-state index is 13.8. The Morgan fingerprint density at radius 3 is 2.84 bits per heavy atom. The summed E-state index contributed by atoms with van der Waals surface area (Å²) in [5, 5.41) is 9.73. The molecule has 1 aromatic carbocycles. The number of fused-ring (bicyclic) bond motifs is 1. The van der Waals surface area contributed by atoms with Gasteiger partial charge in [-0.2, -0.15) is 0 Å². The summed E-state index contributed by atoms with van der Waals surface area (Å²) in [5.41, 5.74) is -0.172. The number of hydrogen-bond donors (Lipinski definition) is 1. The molecule has 2 atom stereocenters. The van der Waals surface area contributed by atoms with Crippen LogP contribution < -0.4 is 0 Å². The van der Waals surface area contributed by atoms with Crippen molar-refractivity contribution in [1.82, 2.24) is 4.90 Å². The van der Waals surface area contributed by atoms with Crippen LogP contribution in [0.1, 0.15) is 42.5 Å². The molecule has 0 spiro atoms. The van der Waals surface area contributed by atoms with Gasteiger partial charge in [0.1, 0.15) is 17.1 Å². The van der Waals surface area contributed by atoms with Crippen molar-refractivity contribution in [3.63, 3.8) is 0 Å². The van der Waals surface area contributed by atoms with Crippen molar-refractivity contribution in [1.29, 1.82) is 0 Å². The number of likely N-dealkylation sites (tertiary alicyclic amines) is 1. The summed E-state index contributed by atoms with van der Waals surface area (Å²) in [6.07, 6.45) is 5.54. The zero-order chi connectivity index (χ0) is 13.4. The van der Waals surface area contributed by atoms with Crippen LogP contribution in [0.5, 0.6) is 5.75 Å². The van der Waals surface area contributed by atoms with E-state index in [0.29, 0.717) is 12.5 Å². The van der Waals surface area contributed by atoms with Gasteiger partial charge in [-0.3, -0.25) is 4.79 Å². The lowest BCUT2D eigenvalue weighted by Gasteiger charge is -2.31. The molecule has 1 aliphatic carbocycles. The first-order valence-electron chi connectivity index (χ1n) is 6.97. The van der Waals surface area contributed by atoms with Crippen LogP contribution in [-0.4, -0.2) is 28.5 Å². The average molecular weight is 263 g/mol. The van der Waals surface area contributed by atoms with Gasteiger partial charge >= 0.3 is 0 Å². The lowest BCUT2D eigenvalue weighted by Crippen LogP contribution is -2.39. The van der Waals surface area contributed by atoms with Crippen molar-refractivity contribution in [2.24, 2.45) is 5.92 Å². The third kappa shape index (κ3) is 2.09. The number of halogens is 1. The zero-order valence-electron chi connectivity index (χ0n) is 10.8. The molecule has 1 saturated carbocycles. The Hall–Kier alpha value is -1.58. The van der Waals surface area contributed by atoms with Crippen LogP contribution in [0, 0.1) is 11.7 Å². The van der Waals surface area contributed by atoms with E-state index in [9.17, 15) is 14.3 Å². The van der Waals surface area contributed by atoms with E-state index in [2.05, 4.69) is 0 Å². The number of benzene rings is 1.